The van der Waals surface area contributed by atoms with Gasteiger partial charge in [0.2, 0.25) is 0 Å². The molecule has 6 rings (SSSR count). The van der Waals surface area contributed by atoms with Crippen molar-refractivity contribution in [3.63, 3.8) is 0 Å². The minimum absolute atomic E-state index is 0.0382. The summed E-state index contributed by atoms with van der Waals surface area (Å²) in [5.41, 5.74) is 2.93. The van der Waals surface area contributed by atoms with Crippen molar-refractivity contribution in [2.24, 2.45) is 5.92 Å². The Morgan fingerprint density at radius 3 is 2.63 bits per heavy atom. The Bertz CT molecular complexity index is 1930. The van der Waals surface area contributed by atoms with E-state index in [0.29, 0.717) is 70.8 Å². The first kappa shape index (κ1) is 33.7. The van der Waals surface area contributed by atoms with Crippen molar-refractivity contribution >= 4 is 28.7 Å². The normalized spacial score (nSPS) is 18.0. The zero-order chi connectivity index (χ0) is 35.0. The minimum Gasteiger partial charge on any atom is -0.482 e. The number of aromatic nitrogens is 5. The van der Waals surface area contributed by atoms with E-state index in [1.54, 1.807) is 24.3 Å². The number of carbonyl (C=O) groups is 2. The van der Waals surface area contributed by atoms with Gasteiger partial charge in [-0.25, -0.2) is 28.8 Å². The number of carbonyl (C=O) groups excluding carboxylic acids is 2. The summed E-state index contributed by atoms with van der Waals surface area (Å²) in [5.74, 6) is 0.0858. The predicted octanol–water partition coefficient (Wildman–Crippen LogP) is 5.22. The van der Waals surface area contributed by atoms with Gasteiger partial charge in [-0.15, -0.1) is 0 Å². The first-order valence-corrected chi connectivity index (χ1v) is 16.2. The molecule has 13 nitrogen and oxygen atoms in total. The van der Waals surface area contributed by atoms with Crippen LogP contribution < -0.4 is 9.64 Å². The van der Waals surface area contributed by atoms with Crippen LogP contribution in [0.4, 0.5) is 14.9 Å². The highest BCUT2D eigenvalue weighted by molar-refractivity contribution is 6.00. The standard InChI is InChI=1S/C35H39FN8O5/c1-20(2)11-25-23(13-37)32(21-7-8-26-28(12-21)48-19-31(45)43(26)18-30-38-14-22(36)15-39-30)24-16-40-44(33(24)41-25)27-9-10-42(17-29(27)47-6)34(46)49-35(3,4)5/h7-8,12,14-16,20,27,29H,9-11,17-19H2,1-6H3. The topological polar surface area (TPSA) is 149 Å². The largest absolute Gasteiger partial charge is 0.482 e. The molecule has 0 radical (unpaired) electrons. The quantitative estimate of drug-likeness (QED) is 0.256. The fourth-order valence-corrected chi connectivity index (χ4v) is 6.31. The molecule has 49 heavy (non-hydrogen) atoms. The van der Waals surface area contributed by atoms with E-state index in [-0.39, 0.29) is 42.9 Å². The highest BCUT2D eigenvalue weighted by Crippen LogP contribution is 2.41. The van der Waals surface area contributed by atoms with Crippen LogP contribution in [0.1, 0.15) is 64.2 Å². The highest BCUT2D eigenvalue weighted by atomic mass is 19.1. The lowest BCUT2D eigenvalue weighted by atomic mass is 9.93. The Labute approximate surface area is 283 Å². The molecule has 4 aromatic rings. The van der Waals surface area contributed by atoms with Crippen molar-refractivity contribution < 1.29 is 28.2 Å². The minimum atomic E-state index is -0.618. The molecule has 1 saturated heterocycles. The lowest BCUT2D eigenvalue weighted by molar-refractivity contribution is -0.121. The molecule has 14 heteroatoms. The Morgan fingerprint density at radius 2 is 1.96 bits per heavy atom. The van der Waals surface area contributed by atoms with Crippen molar-refractivity contribution in [2.75, 3.05) is 31.7 Å². The van der Waals surface area contributed by atoms with E-state index in [1.165, 1.54) is 4.90 Å². The summed E-state index contributed by atoms with van der Waals surface area (Å²) < 4.78 is 32.7. The van der Waals surface area contributed by atoms with Crippen molar-refractivity contribution in [3.05, 3.63) is 59.7 Å². The van der Waals surface area contributed by atoms with Gasteiger partial charge in [-0.1, -0.05) is 19.9 Å². The van der Waals surface area contributed by atoms with Crippen LogP contribution >= 0.6 is 0 Å². The van der Waals surface area contributed by atoms with Gasteiger partial charge in [0.1, 0.15) is 23.2 Å². The molecule has 256 valence electrons. The van der Waals surface area contributed by atoms with Gasteiger partial charge in [0, 0.05) is 24.6 Å². The van der Waals surface area contributed by atoms with Gasteiger partial charge in [0.15, 0.2) is 18.1 Å². The van der Waals surface area contributed by atoms with Crippen LogP contribution in [0, 0.1) is 23.1 Å². The molecule has 2 aliphatic heterocycles. The zero-order valence-electron chi connectivity index (χ0n) is 28.4. The van der Waals surface area contributed by atoms with Crippen molar-refractivity contribution in [3.8, 4) is 22.9 Å². The fraction of sp³-hybridized carbons (Fsp3) is 0.457. The second kappa shape index (κ2) is 13.4. The average molecular weight is 671 g/mol. The van der Waals surface area contributed by atoms with Crippen LogP contribution in [0.5, 0.6) is 5.75 Å². The van der Waals surface area contributed by atoms with E-state index in [2.05, 4.69) is 29.9 Å². The number of methoxy groups -OCH3 is 1. The Kier molecular flexibility index (Phi) is 9.22. The number of hydrogen-bond acceptors (Lipinski definition) is 10. The second-order valence-corrected chi connectivity index (χ2v) is 13.7. The highest BCUT2D eigenvalue weighted by Gasteiger charge is 2.37. The Hall–Kier alpha value is -5.16. The van der Waals surface area contributed by atoms with Gasteiger partial charge in [0.05, 0.1) is 60.8 Å². The molecule has 1 fully saturated rings. The monoisotopic (exact) mass is 670 g/mol. The first-order chi connectivity index (χ1) is 23.4. The average Bonchev–Trinajstić information content (AvgIpc) is 3.47. The van der Waals surface area contributed by atoms with Crippen molar-refractivity contribution in [2.45, 2.75) is 71.8 Å². The molecule has 0 aliphatic carbocycles. The third-order valence-electron chi connectivity index (χ3n) is 8.49. The molecule has 0 N–H and O–H groups in total. The molecule has 1 aromatic carbocycles. The van der Waals surface area contributed by atoms with Crippen LogP contribution in [0.2, 0.25) is 0 Å². The molecule has 2 aliphatic rings. The summed E-state index contributed by atoms with van der Waals surface area (Å²) in [7, 11) is 1.61. The number of halogens is 1. The van der Waals surface area contributed by atoms with Crippen LogP contribution in [-0.4, -0.2) is 80.1 Å². The molecule has 0 saturated carbocycles. The van der Waals surface area contributed by atoms with E-state index in [1.807, 2.05) is 37.6 Å². The maximum Gasteiger partial charge on any atom is 0.410 e. The number of nitriles is 1. The van der Waals surface area contributed by atoms with Gasteiger partial charge >= 0.3 is 6.09 Å². The smallest absolute Gasteiger partial charge is 0.410 e. The Balaban J connectivity index is 1.40. The predicted molar refractivity (Wildman–Crippen MR) is 177 cm³/mol. The Morgan fingerprint density at radius 1 is 1.20 bits per heavy atom. The van der Waals surface area contributed by atoms with Crippen LogP contribution in [0.3, 0.4) is 0 Å². The number of nitrogens with zero attached hydrogens (tertiary/aromatic N) is 8. The van der Waals surface area contributed by atoms with E-state index in [4.69, 9.17) is 24.3 Å². The second-order valence-electron chi connectivity index (χ2n) is 13.7. The summed E-state index contributed by atoms with van der Waals surface area (Å²) in [4.78, 5) is 42.0. The molecule has 0 spiro atoms. The lowest BCUT2D eigenvalue weighted by Gasteiger charge is -2.38. The third kappa shape index (κ3) is 6.89. The molecule has 2 amide bonds. The number of hydrogen-bond donors (Lipinski definition) is 0. The van der Waals surface area contributed by atoms with Gasteiger partial charge in [-0.2, -0.15) is 10.4 Å². The molecule has 5 heterocycles. The number of likely N-dealkylation sites (tertiary alicyclic amines) is 1. The number of rotatable bonds is 7. The van der Waals surface area contributed by atoms with Crippen LogP contribution in [-0.2, 0) is 27.2 Å². The maximum atomic E-state index is 13.4. The van der Waals surface area contributed by atoms with Crippen LogP contribution in [0.25, 0.3) is 22.2 Å². The first-order valence-electron chi connectivity index (χ1n) is 16.2. The van der Waals surface area contributed by atoms with Crippen molar-refractivity contribution in [1.82, 2.24) is 29.6 Å². The molecule has 2 atom stereocenters. The summed E-state index contributed by atoms with van der Waals surface area (Å²) in [5, 5.41) is 16.0. The number of anilines is 1. The summed E-state index contributed by atoms with van der Waals surface area (Å²) in [6.45, 7) is 10.2. The van der Waals surface area contributed by atoms with Crippen LogP contribution in [0.15, 0.2) is 36.8 Å². The fourth-order valence-electron chi connectivity index (χ4n) is 6.31. The van der Waals surface area contributed by atoms with Crippen molar-refractivity contribution in [1.29, 1.82) is 5.26 Å². The lowest BCUT2D eigenvalue weighted by Crippen LogP contribution is -2.49. The van der Waals surface area contributed by atoms with Gasteiger partial charge < -0.3 is 19.1 Å². The van der Waals surface area contributed by atoms with E-state index in [0.717, 1.165) is 12.4 Å². The van der Waals surface area contributed by atoms with E-state index >= 15 is 0 Å². The molecule has 2 unspecified atom stereocenters. The SMILES string of the molecule is COC1CN(C(=O)OC(C)(C)C)CCC1n1ncc2c(-c3ccc4c(c3)OCC(=O)N4Cc3ncc(F)cn3)c(C#N)c(CC(C)C)nc21. The molecule has 0 bridgehead atoms. The van der Waals surface area contributed by atoms with Gasteiger partial charge in [-0.05, 0) is 57.2 Å². The number of piperidine rings is 1. The molecular weight excluding hydrogens is 631 g/mol. The third-order valence-corrected chi connectivity index (χ3v) is 8.49. The zero-order valence-corrected chi connectivity index (χ0v) is 28.4. The summed E-state index contributed by atoms with van der Waals surface area (Å²) in [6, 6.07) is 7.58. The number of benzene rings is 1. The number of ether oxygens (including phenoxy) is 3. The van der Waals surface area contributed by atoms with Gasteiger partial charge in [0.25, 0.3) is 5.91 Å². The number of pyridine rings is 1. The summed E-state index contributed by atoms with van der Waals surface area (Å²) >= 11 is 0. The van der Waals surface area contributed by atoms with E-state index < -0.39 is 17.5 Å². The summed E-state index contributed by atoms with van der Waals surface area (Å²) in [6.07, 6.45) is 4.17. The number of fused-ring (bicyclic) bond motifs is 2. The number of amides is 2. The van der Waals surface area contributed by atoms with Gasteiger partial charge in [-0.3, -0.25) is 9.69 Å². The maximum absolute atomic E-state index is 13.4. The molecular formula is C35H39FN8O5. The van der Waals surface area contributed by atoms with E-state index in [9.17, 15) is 19.2 Å². The molecule has 3 aromatic heterocycles.